The average Bonchev–Trinajstić information content (AvgIpc) is 2.22. The van der Waals surface area contributed by atoms with Gasteiger partial charge in [-0.25, -0.2) is 0 Å². The second-order valence-corrected chi connectivity index (χ2v) is 4.91. The number of ether oxygens (including phenoxy) is 1. The number of hydrogen-bond donors (Lipinski definition) is 1. The topological polar surface area (TPSA) is 38.5 Å². The molecule has 0 fully saturated rings. The van der Waals surface area contributed by atoms with E-state index < -0.39 is 0 Å². The van der Waals surface area contributed by atoms with Crippen molar-refractivity contribution in [3.63, 3.8) is 0 Å². The number of nitrogens with zero attached hydrogens (tertiary/aromatic N) is 1. The maximum Gasteiger partial charge on any atom is 0.0477 e. The van der Waals surface area contributed by atoms with E-state index in [1.54, 1.807) is 7.11 Å². The minimum Gasteiger partial charge on any atom is -0.385 e. The molecule has 3 nitrogen and oxygen atoms in total. The van der Waals surface area contributed by atoms with Gasteiger partial charge in [0.1, 0.15) is 0 Å². The summed E-state index contributed by atoms with van der Waals surface area (Å²) in [4.78, 5) is 2.37. The van der Waals surface area contributed by atoms with Crippen molar-refractivity contribution < 1.29 is 4.74 Å². The fourth-order valence-electron chi connectivity index (χ4n) is 1.63. The molecule has 0 aromatic rings. The van der Waals surface area contributed by atoms with Gasteiger partial charge >= 0.3 is 0 Å². The number of nitrogens with two attached hydrogens (primary N) is 1. The molecule has 0 radical (unpaired) electrons. The molecule has 0 saturated carbocycles. The molecule has 0 aliphatic heterocycles. The SMILES string of the molecule is CCC(CSC)N(C)CC(N)CCOC. The second-order valence-electron chi connectivity index (χ2n) is 4.00. The zero-order chi connectivity index (χ0) is 11.7. The van der Waals surface area contributed by atoms with Crippen molar-refractivity contribution in [1.82, 2.24) is 4.90 Å². The van der Waals surface area contributed by atoms with Gasteiger partial charge in [-0.2, -0.15) is 11.8 Å². The summed E-state index contributed by atoms with van der Waals surface area (Å²) in [6, 6.07) is 0.874. The van der Waals surface area contributed by atoms with E-state index in [0.29, 0.717) is 6.04 Å². The van der Waals surface area contributed by atoms with Gasteiger partial charge in [-0.15, -0.1) is 0 Å². The lowest BCUT2D eigenvalue weighted by Crippen LogP contribution is -2.42. The van der Waals surface area contributed by atoms with Crippen molar-refractivity contribution >= 4 is 11.8 Å². The monoisotopic (exact) mass is 234 g/mol. The van der Waals surface area contributed by atoms with Crippen LogP contribution < -0.4 is 5.73 Å². The van der Waals surface area contributed by atoms with Crippen LogP contribution in [0.2, 0.25) is 0 Å². The summed E-state index contributed by atoms with van der Waals surface area (Å²) < 4.78 is 5.03. The zero-order valence-electron chi connectivity index (χ0n) is 10.5. The third-order valence-corrected chi connectivity index (χ3v) is 3.39. The predicted molar refractivity (Wildman–Crippen MR) is 69.6 cm³/mol. The van der Waals surface area contributed by atoms with Gasteiger partial charge in [0.2, 0.25) is 0 Å². The maximum atomic E-state index is 6.02. The first kappa shape index (κ1) is 15.2. The van der Waals surface area contributed by atoms with E-state index in [2.05, 4.69) is 25.1 Å². The highest BCUT2D eigenvalue weighted by molar-refractivity contribution is 7.98. The maximum absolute atomic E-state index is 6.02. The van der Waals surface area contributed by atoms with Crippen molar-refractivity contribution in [2.45, 2.75) is 31.8 Å². The summed E-state index contributed by atoms with van der Waals surface area (Å²) in [5, 5.41) is 0. The van der Waals surface area contributed by atoms with Gasteiger partial charge in [-0.3, -0.25) is 0 Å². The standard InChI is InChI=1S/C11H26N2OS/c1-5-11(9-15-4)13(2)8-10(12)6-7-14-3/h10-11H,5-9,12H2,1-4H3. The highest BCUT2D eigenvalue weighted by Gasteiger charge is 2.14. The summed E-state index contributed by atoms with van der Waals surface area (Å²) >= 11 is 1.90. The Balaban J connectivity index is 3.81. The van der Waals surface area contributed by atoms with Crippen LogP contribution in [0.1, 0.15) is 19.8 Å². The first-order valence-corrected chi connectivity index (χ1v) is 6.98. The fraction of sp³-hybridized carbons (Fsp3) is 1.00. The second kappa shape index (κ2) is 9.46. The predicted octanol–water partition coefficient (Wildman–Crippen LogP) is 1.42. The molecular weight excluding hydrogens is 208 g/mol. The number of likely N-dealkylation sites (N-methyl/N-ethyl adjacent to an activating group) is 1. The Bertz CT molecular complexity index is 147. The van der Waals surface area contributed by atoms with Gasteiger partial charge in [-0.05, 0) is 26.1 Å². The Labute approximate surface area is 98.7 Å². The molecule has 0 rings (SSSR count). The van der Waals surface area contributed by atoms with Crippen LogP contribution in [0.25, 0.3) is 0 Å². The lowest BCUT2D eigenvalue weighted by atomic mass is 10.1. The Morgan fingerprint density at radius 3 is 2.60 bits per heavy atom. The minimum absolute atomic E-state index is 0.228. The summed E-state index contributed by atoms with van der Waals surface area (Å²) in [6.45, 7) is 3.95. The van der Waals surface area contributed by atoms with E-state index >= 15 is 0 Å². The Morgan fingerprint density at radius 1 is 1.47 bits per heavy atom. The number of rotatable bonds is 9. The highest BCUT2D eigenvalue weighted by atomic mass is 32.2. The van der Waals surface area contributed by atoms with Gasteiger partial charge in [0.15, 0.2) is 0 Å². The molecule has 0 aliphatic carbocycles. The molecule has 15 heavy (non-hydrogen) atoms. The van der Waals surface area contributed by atoms with Crippen LogP contribution in [-0.2, 0) is 4.74 Å². The summed E-state index contributed by atoms with van der Waals surface area (Å²) in [5.74, 6) is 1.18. The van der Waals surface area contributed by atoms with Gasteiger partial charge in [-0.1, -0.05) is 6.92 Å². The largest absolute Gasteiger partial charge is 0.385 e. The average molecular weight is 234 g/mol. The van der Waals surface area contributed by atoms with Crippen LogP contribution in [-0.4, -0.2) is 56.3 Å². The Hall–Kier alpha value is 0.230. The van der Waals surface area contributed by atoms with E-state index in [9.17, 15) is 0 Å². The van der Waals surface area contributed by atoms with Crippen LogP contribution in [0.5, 0.6) is 0 Å². The molecule has 92 valence electrons. The lowest BCUT2D eigenvalue weighted by molar-refractivity contribution is 0.172. The molecule has 4 heteroatoms. The Morgan fingerprint density at radius 2 is 2.13 bits per heavy atom. The molecular formula is C11H26N2OS. The van der Waals surface area contributed by atoms with Crippen LogP contribution in [0.4, 0.5) is 0 Å². The van der Waals surface area contributed by atoms with Crippen molar-refractivity contribution in [2.75, 3.05) is 39.3 Å². The lowest BCUT2D eigenvalue weighted by Gasteiger charge is -2.29. The molecule has 0 saturated heterocycles. The van der Waals surface area contributed by atoms with Gasteiger partial charge in [0.05, 0.1) is 0 Å². The van der Waals surface area contributed by atoms with Crippen molar-refractivity contribution in [3.8, 4) is 0 Å². The van der Waals surface area contributed by atoms with Crippen LogP contribution in [0, 0.1) is 0 Å². The van der Waals surface area contributed by atoms with Gasteiger partial charge < -0.3 is 15.4 Å². The van der Waals surface area contributed by atoms with Crippen LogP contribution >= 0.6 is 11.8 Å². The number of hydrogen-bond acceptors (Lipinski definition) is 4. The number of methoxy groups -OCH3 is 1. The normalized spacial score (nSPS) is 15.6. The van der Waals surface area contributed by atoms with E-state index in [0.717, 1.165) is 19.6 Å². The van der Waals surface area contributed by atoms with Crippen LogP contribution in [0.15, 0.2) is 0 Å². The summed E-state index contributed by atoms with van der Waals surface area (Å²) in [7, 11) is 3.88. The molecule has 0 spiro atoms. The van der Waals surface area contributed by atoms with Crippen molar-refractivity contribution in [3.05, 3.63) is 0 Å². The summed E-state index contributed by atoms with van der Waals surface area (Å²) in [5.41, 5.74) is 6.02. The van der Waals surface area contributed by atoms with Gasteiger partial charge in [0.25, 0.3) is 0 Å². The third kappa shape index (κ3) is 7.17. The molecule has 2 N–H and O–H groups in total. The van der Waals surface area contributed by atoms with Crippen molar-refractivity contribution in [2.24, 2.45) is 5.73 Å². The molecule has 0 heterocycles. The quantitative estimate of drug-likeness (QED) is 0.655. The molecule has 2 unspecified atom stereocenters. The van der Waals surface area contributed by atoms with Gasteiger partial charge in [0, 0.05) is 38.1 Å². The van der Waals surface area contributed by atoms with E-state index in [1.807, 2.05) is 11.8 Å². The molecule has 0 aromatic heterocycles. The molecule has 0 aliphatic rings. The first-order valence-electron chi connectivity index (χ1n) is 5.59. The number of thioether (sulfide) groups is 1. The van der Waals surface area contributed by atoms with Crippen LogP contribution in [0.3, 0.4) is 0 Å². The molecule has 2 atom stereocenters. The summed E-state index contributed by atoms with van der Waals surface area (Å²) in [6.07, 6.45) is 4.28. The third-order valence-electron chi connectivity index (χ3n) is 2.67. The van der Waals surface area contributed by atoms with E-state index in [4.69, 9.17) is 10.5 Å². The smallest absolute Gasteiger partial charge is 0.0477 e. The van der Waals surface area contributed by atoms with E-state index in [-0.39, 0.29) is 6.04 Å². The zero-order valence-corrected chi connectivity index (χ0v) is 11.3. The fourth-order valence-corrected chi connectivity index (χ4v) is 2.50. The molecule has 0 amide bonds. The Kier molecular flexibility index (Phi) is 9.60. The molecule has 0 bridgehead atoms. The van der Waals surface area contributed by atoms with E-state index in [1.165, 1.54) is 12.2 Å². The first-order chi connectivity index (χ1) is 7.15. The minimum atomic E-state index is 0.228. The highest BCUT2D eigenvalue weighted by Crippen LogP contribution is 2.08. The molecule has 0 aromatic carbocycles. The van der Waals surface area contributed by atoms with Crippen molar-refractivity contribution in [1.29, 1.82) is 0 Å².